The Bertz CT molecular complexity index is 298. The minimum Gasteiger partial charge on any atom is -0.466 e. The van der Waals surface area contributed by atoms with E-state index in [0.717, 1.165) is 13.2 Å². The van der Waals surface area contributed by atoms with Crippen LogP contribution in [0, 0.1) is 10.8 Å². The highest BCUT2D eigenvalue weighted by Gasteiger charge is 2.35. The Morgan fingerprint density at radius 2 is 2.18 bits per heavy atom. The second-order valence-corrected chi connectivity index (χ2v) is 5.91. The highest BCUT2D eigenvalue weighted by atomic mass is 16.5. The summed E-state index contributed by atoms with van der Waals surface area (Å²) >= 11 is 0. The van der Waals surface area contributed by atoms with Gasteiger partial charge in [0.2, 0.25) is 0 Å². The normalized spacial score (nSPS) is 24.9. The smallest absolute Gasteiger partial charge is 0.330 e. The van der Waals surface area contributed by atoms with E-state index in [2.05, 4.69) is 23.9 Å². The fourth-order valence-corrected chi connectivity index (χ4v) is 1.70. The zero-order valence-corrected chi connectivity index (χ0v) is 11.4. The van der Waals surface area contributed by atoms with Crippen LogP contribution in [0.5, 0.6) is 0 Å². The summed E-state index contributed by atoms with van der Waals surface area (Å²) in [5.41, 5.74) is -0.0800. The molecule has 0 aromatic heterocycles. The molecule has 0 aromatic carbocycles. The maximum atomic E-state index is 11.1. The van der Waals surface area contributed by atoms with Crippen LogP contribution < -0.4 is 5.32 Å². The van der Waals surface area contributed by atoms with Crippen molar-refractivity contribution in [3.63, 3.8) is 0 Å². The molecule has 0 bridgehead atoms. The minimum absolute atomic E-state index is 0.0727. The van der Waals surface area contributed by atoms with Crippen LogP contribution in [-0.4, -0.2) is 32.5 Å². The molecule has 1 rings (SSSR count). The number of hydrogen-bond donors (Lipinski definition) is 1. The maximum Gasteiger partial charge on any atom is 0.330 e. The van der Waals surface area contributed by atoms with Gasteiger partial charge in [0.25, 0.3) is 0 Å². The Hall–Kier alpha value is -0.870. The van der Waals surface area contributed by atoms with Crippen LogP contribution in [0.4, 0.5) is 0 Å². The second kappa shape index (κ2) is 5.19. The van der Waals surface area contributed by atoms with Gasteiger partial charge >= 0.3 is 5.97 Å². The SMILES string of the molecule is COC(=O)/C=C/C(C)(C)C1NCC(C)(C)CO1. The molecular formula is C13H23NO3. The molecule has 17 heavy (non-hydrogen) atoms. The standard InChI is InChI=1S/C13H23NO3/c1-12(2)8-14-11(17-9-12)13(3,4)7-6-10(15)16-5/h6-7,11,14H,8-9H2,1-5H3/b7-6+. The molecule has 1 aliphatic rings. The fraction of sp³-hybridized carbons (Fsp3) is 0.769. The number of hydrogen-bond acceptors (Lipinski definition) is 4. The summed E-state index contributed by atoms with van der Waals surface area (Å²) in [7, 11) is 1.37. The lowest BCUT2D eigenvalue weighted by atomic mass is 9.86. The molecule has 1 heterocycles. The van der Waals surface area contributed by atoms with Crippen molar-refractivity contribution in [1.82, 2.24) is 5.32 Å². The monoisotopic (exact) mass is 241 g/mol. The number of carbonyl (C=O) groups is 1. The van der Waals surface area contributed by atoms with E-state index in [9.17, 15) is 4.79 Å². The third-order valence-electron chi connectivity index (χ3n) is 2.93. The van der Waals surface area contributed by atoms with Crippen molar-refractivity contribution >= 4 is 5.97 Å². The van der Waals surface area contributed by atoms with Crippen molar-refractivity contribution in [2.75, 3.05) is 20.3 Å². The van der Waals surface area contributed by atoms with E-state index in [4.69, 9.17) is 4.74 Å². The summed E-state index contributed by atoms with van der Waals surface area (Å²) in [5.74, 6) is -0.339. The highest BCUT2D eigenvalue weighted by molar-refractivity contribution is 5.81. The second-order valence-electron chi connectivity index (χ2n) is 5.91. The van der Waals surface area contributed by atoms with Crippen LogP contribution in [0.3, 0.4) is 0 Å². The number of methoxy groups -OCH3 is 1. The first kappa shape index (κ1) is 14.2. The molecule has 1 atom stereocenters. The molecule has 1 saturated heterocycles. The zero-order chi connectivity index (χ0) is 13.1. The Labute approximate surface area is 103 Å². The van der Waals surface area contributed by atoms with Crippen LogP contribution in [0.2, 0.25) is 0 Å². The summed E-state index contributed by atoms with van der Waals surface area (Å²) in [6.07, 6.45) is 3.20. The third-order valence-corrected chi connectivity index (χ3v) is 2.93. The third kappa shape index (κ3) is 4.13. The van der Waals surface area contributed by atoms with Crippen LogP contribution >= 0.6 is 0 Å². The van der Waals surface area contributed by atoms with Gasteiger partial charge in [0.05, 0.1) is 13.7 Å². The summed E-state index contributed by atoms with van der Waals surface area (Å²) in [6.45, 7) is 10.0. The molecule has 0 aliphatic carbocycles. The predicted molar refractivity (Wildman–Crippen MR) is 66.5 cm³/mol. The molecule has 98 valence electrons. The molecule has 4 heteroatoms. The summed E-state index contributed by atoms with van der Waals surface area (Å²) < 4.78 is 10.4. The molecule has 1 aliphatic heterocycles. The number of ether oxygens (including phenoxy) is 2. The molecule has 4 nitrogen and oxygen atoms in total. The van der Waals surface area contributed by atoms with Crippen LogP contribution in [0.15, 0.2) is 12.2 Å². The average molecular weight is 241 g/mol. The van der Waals surface area contributed by atoms with E-state index >= 15 is 0 Å². The first-order valence-corrected chi connectivity index (χ1v) is 5.89. The minimum atomic E-state index is -0.339. The lowest BCUT2D eigenvalue weighted by molar-refractivity contribution is -0.135. The molecule has 0 aromatic rings. The molecule has 0 saturated carbocycles. The van der Waals surface area contributed by atoms with E-state index < -0.39 is 0 Å². The van der Waals surface area contributed by atoms with E-state index in [-0.39, 0.29) is 23.0 Å². The first-order valence-electron chi connectivity index (χ1n) is 5.89. The maximum absolute atomic E-state index is 11.1. The summed E-state index contributed by atoms with van der Waals surface area (Å²) in [4.78, 5) is 11.1. The van der Waals surface area contributed by atoms with Gasteiger partial charge in [-0.15, -0.1) is 0 Å². The van der Waals surface area contributed by atoms with Crippen molar-refractivity contribution < 1.29 is 14.3 Å². The Morgan fingerprint density at radius 1 is 1.53 bits per heavy atom. The number of esters is 1. The Balaban J connectivity index is 2.60. The molecule has 0 radical (unpaired) electrons. The molecule has 0 spiro atoms. The van der Waals surface area contributed by atoms with Gasteiger partial charge < -0.3 is 9.47 Å². The van der Waals surface area contributed by atoms with E-state index in [0.29, 0.717) is 0 Å². The van der Waals surface area contributed by atoms with E-state index in [1.54, 1.807) is 0 Å². The summed E-state index contributed by atoms with van der Waals surface area (Å²) in [5, 5.41) is 3.37. The highest BCUT2D eigenvalue weighted by Crippen LogP contribution is 2.29. The Morgan fingerprint density at radius 3 is 2.65 bits per heavy atom. The molecule has 1 unspecified atom stereocenters. The largest absolute Gasteiger partial charge is 0.466 e. The van der Waals surface area contributed by atoms with Crippen LogP contribution in [-0.2, 0) is 14.3 Å². The quantitative estimate of drug-likeness (QED) is 0.603. The van der Waals surface area contributed by atoms with Gasteiger partial charge in [-0.2, -0.15) is 0 Å². The fourth-order valence-electron chi connectivity index (χ4n) is 1.70. The van der Waals surface area contributed by atoms with Crippen LogP contribution in [0.1, 0.15) is 27.7 Å². The van der Waals surface area contributed by atoms with Crippen LogP contribution in [0.25, 0.3) is 0 Å². The average Bonchev–Trinajstić information content (AvgIpc) is 2.25. The van der Waals surface area contributed by atoms with Gasteiger partial charge in [-0.1, -0.05) is 33.8 Å². The van der Waals surface area contributed by atoms with Gasteiger partial charge in [-0.25, -0.2) is 4.79 Å². The topological polar surface area (TPSA) is 47.6 Å². The molecule has 0 amide bonds. The number of nitrogens with one attached hydrogen (secondary N) is 1. The number of rotatable bonds is 3. The van der Waals surface area contributed by atoms with E-state index in [1.807, 2.05) is 19.9 Å². The summed E-state index contributed by atoms with van der Waals surface area (Å²) in [6, 6.07) is 0. The van der Waals surface area contributed by atoms with Crippen molar-refractivity contribution in [1.29, 1.82) is 0 Å². The lowest BCUT2D eigenvalue weighted by Crippen LogP contribution is -2.53. The van der Waals surface area contributed by atoms with Gasteiger partial charge in [0, 0.05) is 23.5 Å². The molecule has 1 N–H and O–H groups in total. The van der Waals surface area contributed by atoms with Gasteiger partial charge in [-0.05, 0) is 0 Å². The van der Waals surface area contributed by atoms with Gasteiger partial charge in [0.1, 0.15) is 6.23 Å². The predicted octanol–water partition coefficient (Wildman–Crippen LogP) is 1.71. The first-order chi connectivity index (χ1) is 7.77. The van der Waals surface area contributed by atoms with Gasteiger partial charge in [-0.3, -0.25) is 5.32 Å². The van der Waals surface area contributed by atoms with Crippen molar-refractivity contribution in [3.8, 4) is 0 Å². The number of carbonyl (C=O) groups excluding carboxylic acids is 1. The Kier molecular flexibility index (Phi) is 4.33. The zero-order valence-electron chi connectivity index (χ0n) is 11.4. The lowest BCUT2D eigenvalue weighted by Gasteiger charge is -2.41. The van der Waals surface area contributed by atoms with Crippen molar-refractivity contribution in [2.24, 2.45) is 10.8 Å². The molecule has 1 fully saturated rings. The molecular weight excluding hydrogens is 218 g/mol. The van der Waals surface area contributed by atoms with Crippen molar-refractivity contribution in [3.05, 3.63) is 12.2 Å². The van der Waals surface area contributed by atoms with Crippen molar-refractivity contribution in [2.45, 2.75) is 33.9 Å². The van der Waals surface area contributed by atoms with Gasteiger partial charge in [0.15, 0.2) is 0 Å². The van der Waals surface area contributed by atoms with E-state index in [1.165, 1.54) is 13.2 Å².